The first-order valence-electron chi connectivity index (χ1n) is 11.3. The first-order valence-corrected chi connectivity index (χ1v) is 11.3. The maximum atomic E-state index is 5.92. The van der Waals surface area contributed by atoms with Gasteiger partial charge in [0.2, 0.25) is 0 Å². The molecule has 4 nitrogen and oxygen atoms in total. The van der Waals surface area contributed by atoms with Crippen LogP contribution in [0.15, 0.2) is 91.0 Å². The number of benzene rings is 4. The highest BCUT2D eigenvalue weighted by molar-refractivity contribution is 6.16. The zero-order chi connectivity index (χ0) is 23.2. The van der Waals surface area contributed by atoms with Gasteiger partial charge in [-0.25, -0.2) is 4.98 Å². The topological polar surface area (TPSA) is 35.8 Å². The molecule has 0 saturated carbocycles. The number of ether oxygens (including phenoxy) is 2. The molecule has 6 rings (SSSR count). The molecule has 2 heterocycles. The van der Waals surface area contributed by atoms with Gasteiger partial charge in [-0.2, -0.15) is 0 Å². The van der Waals surface area contributed by atoms with Gasteiger partial charge in [0.1, 0.15) is 5.65 Å². The minimum atomic E-state index is 0.710. The van der Waals surface area contributed by atoms with Crippen molar-refractivity contribution in [1.82, 2.24) is 9.38 Å². The van der Waals surface area contributed by atoms with E-state index in [1.807, 2.05) is 18.2 Å². The van der Waals surface area contributed by atoms with Crippen LogP contribution in [0.2, 0.25) is 0 Å². The largest absolute Gasteiger partial charge is 0.493 e. The Morgan fingerprint density at radius 3 is 2.09 bits per heavy atom. The van der Waals surface area contributed by atoms with Gasteiger partial charge in [-0.1, -0.05) is 84.4 Å². The van der Waals surface area contributed by atoms with Gasteiger partial charge in [0.05, 0.1) is 36.5 Å². The Hall–Kier alpha value is -4.31. The van der Waals surface area contributed by atoms with E-state index in [1.54, 1.807) is 14.2 Å². The van der Waals surface area contributed by atoms with Crippen LogP contribution in [0.1, 0.15) is 5.56 Å². The van der Waals surface area contributed by atoms with Crippen LogP contribution < -0.4 is 9.47 Å². The molecule has 6 aromatic rings. The van der Waals surface area contributed by atoms with Gasteiger partial charge in [-0.3, -0.25) is 4.40 Å². The van der Waals surface area contributed by atoms with E-state index >= 15 is 0 Å². The number of hydrogen-bond donors (Lipinski definition) is 0. The lowest BCUT2D eigenvalue weighted by Crippen LogP contribution is -1.98. The lowest BCUT2D eigenvalue weighted by Gasteiger charge is -2.16. The van der Waals surface area contributed by atoms with Gasteiger partial charge in [0.25, 0.3) is 0 Å². The van der Waals surface area contributed by atoms with Crippen molar-refractivity contribution in [3.63, 3.8) is 0 Å². The number of aromatic nitrogens is 2. The molecular formula is C30H24N2O2. The van der Waals surface area contributed by atoms with Gasteiger partial charge >= 0.3 is 0 Å². The fourth-order valence-electron chi connectivity index (χ4n) is 4.92. The second-order valence-corrected chi connectivity index (χ2v) is 8.44. The summed E-state index contributed by atoms with van der Waals surface area (Å²) < 4.78 is 13.9. The van der Waals surface area contributed by atoms with E-state index in [1.165, 1.54) is 5.56 Å². The van der Waals surface area contributed by atoms with Gasteiger partial charge < -0.3 is 9.47 Å². The molecule has 0 amide bonds. The van der Waals surface area contributed by atoms with Crippen molar-refractivity contribution >= 4 is 27.3 Å². The Bertz CT molecular complexity index is 1670. The average molecular weight is 445 g/mol. The molecule has 0 aliphatic carbocycles. The van der Waals surface area contributed by atoms with Gasteiger partial charge in [0.15, 0.2) is 11.5 Å². The molecule has 2 aromatic heterocycles. The van der Waals surface area contributed by atoms with Crippen LogP contribution in [0.25, 0.3) is 49.8 Å². The summed E-state index contributed by atoms with van der Waals surface area (Å²) >= 11 is 0. The Labute approximate surface area is 198 Å². The van der Waals surface area contributed by atoms with Crippen LogP contribution in [0.4, 0.5) is 0 Å². The number of imidazole rings is 1. The molecule has 0 spiro atoms. The number of rotatable bonds is 4. The van der Waals surface area contributed by atoms with Crippen LogP contribution in [0, 0.1) is 6.92 Å². The van der Waals surface area contributed by atoms with Crippen molar-refractivity contribution in [2.75, 3.05) is 14.2 Å². The third-order valence-corrected chi connectivity index (χ3v) is 6.42. The molecule has 0 N–H and O–H groups in total. The number of hydrogen-bond acceptors (Lipinski definition) is 3. The smallest absolute Gasteiger partial charge is 0.170 e. The van der Waals surface area contributed by atoms with Crippen LogP contribution in [0.5, 0.6) is 11.5 Å². The Kier molecular flexibility index (Phi) is 4.73. The fraction of sp³-hybridized carbons (Fsp3) is 0.100. The van der Waals surface area contributed by atoms with Crippen molar-refractivity contribution in [3.8, 4) is 34.0 Å². The highest BCUT2D eigenvalue weighted by atomic mass is 16.5. The third-order valence-electron chi connectivity index (χ3n) is 6.42. The molecule has 4 aromatic carbocycles. The summed E-state index contributed by atoms with van der Waals surface area (Å²) in [5, 5.41) is 3.19. The summed E-state index contributed by atoms with van der Waals surface area (Å²) in [6.07, 6.45) is 0. The fourth-order valence-corrected chi connectivity index (χ4v) is 4.92. The Morgan fingerprint density at radius 2 is 1.41 bits per heavy atom. The lowest BCUT2D eigenvalue weighted by atomic mass is 10.0. The number of pyridine rings is 1. The molecule has 0 unspecified atom stereocenters. The summed E-state index contributed by atoms with van der Waals surface area (Å²) in [6, 6.07) is 31.4. The number of aryl methyl sites for hydroxylation is 1. The second kappa shape index (κ2) is 7.92. The van der Waals surface area contributed by atoms with Gasteiger partial charge in [-0.15, -0.1) is 0 Å². The van der Waals surface area contributed by atoms with E-state index in [-0.39, 0.29) is 0 Å². The van der Waals surface area contributed by atoms with Gasteiger partial charge in [-0.05, 0) is 24.4 Å². The molecule has 0 saturated heterocycles. The van der Waals surface area contributed by atoms with Crippen LogP contribution in [-0.2, 0) is 0 Å². The third kappa shape index (κ3) is 2.96. The first-order chi connectivity index (χ1) is 16.7. The highest BCUT2D eigenvalue weighted by Crippen LogP contribution is 2.44. The molecular weight excluding hydrogens is 420 g/mol. The van der Waals surface area contributed by atoms with E-state index in [9.17, 15) is 0 Å². The molecule has 4 heteroatoms. The van der Waals surface area contributed by atoms with Crippen LogP contribution >= 0.6 is 0 Å². The second-order valence-electron chi connectivity index (χ2n) is 8.44. The van der Waals surface area contributed by atoms with Crippen molar-refractivity contribution in [2.45, 2.75) is 6.92 Å². The molecule has 0 bridgehead atoms. The summed E-state index contributed by atoms with van der Waals surface area (Å²) in [5.74, 6) is 1.44. The summed E-state index contributed by atoms with van der Waals surface area (Å²) in [7, 11) is 3.38. The maximum absolute atomic E-state index is 5.92. The Balaban J connectivity index is 1.91. The summed E-state index contributed by atoms with van der Waals surface area (Å²) in [5.41, 5.74) is 7.33. The molecule has 0 aliphatic rings. The first kappa shape index (κ1) is 20.3. The highest BCUT2D eigenvalue weighted by Gasteiger charge is 2.23. The SMILES string of the molecule is COc1ccc2c(c1OC)c1cc(C)ccc1c1nc(-c3ccccc3)c(-c3ccccc3)n21. The predicted octanol–water partition coefficient (Wildman–Crippen LogP) is 7.30. The number of nitrogens with zero attached hydrogens (tertiary/aromatic N) is 2. The molecule has 0 radical (unpaired) electrons. The monoisotopic (exact) mass is 444 g/mol. The normalized spacial score (nSPS) is 11.4. The van der Waals surface area contributed by atoms with E-state index in [0.29, 0.717) is 5.75 Å². The van der Waals surface area contributed by atoms with Crippen LogP contribution in [-0.4, -0.2) is 23.6 Å². The number of methoxy groups -OCH3 is 2. The van der Waals surface area contributed by atoms with E-state index in [0.717, 1.165) is 55.6 Å². The Morgan fingerprint density at radius 1 is 0.706 bits per heavy atom. The average Bonchev–Trinajstić information content (AvgIpc) is 3.29. The van der Waals surface area contributed by atoms with Crippen molar-refractivity contribution in [3.05, 3.63) is 96.6 Å². The van der Waals surface area contributed by atoms with Crippen LogP contribution in [0.3, 0.4) is 0 Å². The minimum absolute atomic E-state index is 0.710. The minimum Gasteiger partial charge on any atom is -0.493 e. The molecule has 0 aliphatic heterocycles. The van der Waals surface area contributed by atoms with Crippen molar-refractivity contribution in [1.29, 1.82) is 0 Å². The summed E-state index contributed by atoms with van der Waals surface area (Å²) in [6.45, 7) is 2.11. The lowest BCUT2D eigenvalue weighted by molar-refractivity contribution is 0.358. The molecule has 166 valence electrons. The standard InChI is InChI=1S/C30H24N2O2/c1-19-14-15-22-23(18-19)26-24(16-17-25(33-2)29(26)34-3)32-28(21-12-8-5-9-13-21)27(31-30(22)32)20-10-6-4-7-11-20/h4-18H,1-3H3. The zero-order valence-electron chi connectivity index (χ0n) is 19.4. The quantitative estimate of drug-likeness (QED) is 0.268. The van der Waals surface area contributed by atoms with Crippen molar-refractivity contribution < 1.29 is 9.47 Å². The number of fused-ring (bicyclic) bond motifs is 6. The predicted molar refractivity (Wildman–Crippen MR) is 139 cm³/mol. The van der Waals surface area contributed by atoms with Crippen molar-refractivity contribution in [2.24, 2.45) is 0 Å². The molecule has 0 fully saturated rings. The van der Waals surface area contributed by atoms with Gasteiger partial charge in [0, 0.05) is 16.5 Å². The molecule has 34 heavy (non-hydrogen) atoms. The van der Waals surface area contributed by atoms with E-state index < -0.39 is 0 Å². The van der Waals surface area contributed by atoms with E-state index in [2.05, 4.69) is 84.1 Å². The maximum Gasteiger partial charge on any atom is 0.170 e. The zero-order valence-corrected chi connectivity index (χ0v) is 19.4. The van der Waals surface area contributed by atoms with E-state index in [4.69, 9.17) is 14.5 Å². The molecule has 0 atom stereocenters. The summed E-state index contributed by atoms with van der Waals surface area (Å²) in [4.78, 5) is 5.26.